The standard InChI is InChI=1S/C25H36O7/c1-13(26)30-17-10-16-6-7-18-19(25(16,5)22(11-17)32-15(3)28)8-9-24(4)21(29)12-20(23(18)24)31-14(2)27/h16-20,22-23H,6-12H2,1-5H3/t16-,17-,18-,19+,20-,22+,23+,24-,25-/m0/s1. The van der Waals surface area contributed by atoms with Gasteiger partial charge in [0.25, 0.3) is 0 Å². The van der Waals surface area contributed by atoms with E-state index in [-0.39, 0.29) is 71.1 Å². The summed E-state index contributed by atoms with van der Waals surface area (Å²) in [7, 11) is 0. The van der Waals surface area contributed by atoms with Crippen LogP contribution < -0.4 is 0 Å². The molecular formula is C25H36O7. The van der Waals surface area contributed by atoms with Gasteiger partial charge in [-0.15, -0.1) is 0 Å². The first-order valence-electron chi connectivity index (χ1n) is 12.0. The van der Waals surface area contributed by atoms with Crippen molar-refractivity contribution in [2.45, 2.75) is 97.9 Å². The average Bonchev–Trinajstić information content (AvgIpc) is 2.91. The molecule has 4 fully saturated rings. The summed E-state index contributed by atoms with van der Waals surface area (Å²) < 4.78 is 17.1. The summed E-state index contributed by atoms with van der Waals surface area (Å²) in [5.74, 6) is -0.0196. The van der Waals surface area contributed by atoms with Gasteiger partial charge in [-0.2, -0.15) is 0 Å². The van der Waals surface area contributed by atoms with Crippen molar-refractivity contribution in [1.29, 1.82) is 0 Å². The molecule has 0 aromatic carbocycles. The summed E-state index contributed by atoms with van der Waals surface area (Å²) in [6.45, 7) is 8.53. The van der Waals surface area contributed by atoms with Gasteiger partial charge in [0.1, 0.15) is 24.1 Å². The zero-order valence-electron chi connectivity index (χ0n) is 19.8. The maximum Gasteiger partial charge on any atom is 0.302 e. The number of fused-ring (bicyclic) bond motifs is 5. The lowest BCUT2D eigenvalue weighted by molar-refractivity contribution is -0.209. The molecule has 0 aliphatic heterocycles. The fraction of sp³-hybridized carbons (Fsp3) is 0.840. The molecule has 4 saturated carbocycles. The van der Waals surface area contributed by atoms with Gasteiger partial charge in [0, 0.05) is 50.4 Å². The third-order valence-electron chi connectivity index (χ3n) is 9.32. The second-order valence-electron chi connectivity index (χ2n) is 11.0. The van der Waals surface area contributed by atoms with Gasteiger partial charge >= 0.3 is 17.9 Å². The van der Waals surface area contributed by atoms with Crippen LogP contribution in [0.25, 0.3) is 0 Å². The van der Waals surface area contributed by atoms with Crippen LogP contribution in [-0.2, 0) is 33.4 Å². The smallest absolute Gasteiger partial charge is 0.302 e. The Bertz CT molecular complexity index is 821. The first-order valence-corrected chi connectivity index (χ1v) is 12.0. The number of rotatable bonds is 3. The maximum absolute atomic E-state index is 13.0. The van der Waals surface area contributed by atoms with Crippen LogP contribution in [0, 0.1) is 34.5 Å². The van der Waals surface area contributed by atoms with Crippen molar-refractivity contribution in [3.63, 3.8) is 0 Å². The minimum absolute atomic E-state index is 0.000374. The molecule has 0 heterocycles. The fourth-order valence-electron chi connectivity index (χ4n) is 8.09. The second kappa shape index (κ2) is 8.14. The van der Waals surface area contributed by atoms with Gasteiger partial charge in [-0.05, 0) is 49.9 Å². The van der Waals surface area contributed by atoms with Gasteiger partial charge in [0.2, 0.25) is 0 Å². The highest BCUT2D eigenvalue weighted by molar-refractivity contribution is 5.88. The number of hydrogen-bond acceptors (Lipinski definition) is 7. The number of hydrogen-bond donors (Lipinski definition) is 0. The van der Waals surface area contributed by atoms with Crippen LogP contribution in [0.4, 0.5) is 0 Å². The van der Waals surface area contributed by atoms with Gasteiger partial charge in [-0.3, -0.25) is 19.2 Å². The van der Waals surface area contributed by atoms with Crippen LogP contribution in [0.2, 0.25) is 0 Å². The van der Waals surface area contributed by atoms with Gasteiger partial charge < -0.3 is 14.2 Å². The zero-order chi connectivity index (χ0) is 23.4. The lowest BCUT2D eigenvalue weighted by Crippen LogP contribution is -2.61. The summed E-state index contributed by atoms with van der Waals surface area (Å²) >= 11 is 0. The van der Waals surface area contributed by atoms with E-state index in [2.05, 4.69) is 13.8 Å². The first kappa shape index (κ1) is 23.2. The van der Waals surface area contributed by atoms with E-state index in [9.17, 15) is 19.2 Å². The summed E-state index contributed by atoms with van der Waals surface area (Å²) in [5.41, 5.74) is -0.727. The monoisotopic (exact) mass is 448 g/mol. The number of ketones is 1. The highest BCUT2D eigenvalue weighted by Crippen LogP contribution is 2.66. The summed E-state index contributed by atoms with van der Waals surface area (Å²) in [5, 5.41) is 0. The predicted octanol–water partition coefficient (Wildman–Crippen LogP) is 3.61. The Labute approximate surface area is 189 Å². The maximum atomic E-state index is 13.0. The Morgan fingerprint density at radius 1 is 0.875 bits per heavy atom. The molecule has 0 aromatic heterocycles. The summed E-state index contributed by atoms with van der Waals surface area (Å²) in [6, 6.07) is 0. The third-order valence-corrected chi connectivity index (χ3v) is 9.32. The Morgan fingerprint density at radius 3 is 2.16 bits per heavy atom. The number of carbonyl (C=O) groups excluding carboxylic acids is 4. The van der Waals surface area contributed by atoms with Gasteiger partial charge in [0.15, 0.2) is 0 Å². The normalized spacial score (nSPS) is 45.2. The Kier molecular flexibility index (Phi) is 5.91. The van der Waals surface area contributed by atoms with E-state index in [1.54, 1.807) is 0 Å². The van der Waals surface area contributed by atoms with Crippen LogP contribution in [0.15, 0.2) is 0 Å². The fourth-order valence-corrected chi connectivity index (χ4v) is 8.09. The third kappa shape index (κ3) is 3.65. The average molecular weight is 449 g/mol. The van der Waals surface area contributed by atoms with Crippen molar-refractivity contribution in [3.05, 3.63) is 0 Å². The molecule has 4 rings (SSSR count). The largest absolute Gasteiger partial charge is 0.462 e. The molecule has 0 amide bonds. The number of Topliss-reactive ketones (excluding diaryl/α,β-unsaturated/α-hetero) is 1. The highest BCUT2D eigenvalue weighted by Gasteiger charge is 2.66. The van der Waals surface area contributed by atoms with Crippen LogP contribution in [-0.4, -0.2) is 42.0 Å². The van der Waals surface area contributed by atoms with E-state index in [1.165, 1.54) is 20.8 Å². The van der Waals surface area contributed by atoms with E-state index in [1.807, 2.05) is 0 Å². The Hall–Kier alpha value is -1.92. The van der Waals surface area contributed by atoms with Crippen molar-refractivity contribution in [3.8, 4) is 0 Å². The molecule has 32 heavy (non-hydrogen) atoms. The topological polar surface area (TPSA) is 96.0 Å². The van der Waals surface area contributed by atoms with Gasteiger partial charge in [-0.1, -0.05) is 13.8 Å². The SMILES string of the molecule is CC(=O)O[C@H]1C[C@@H]2CC[C@@H]3[C@@H]4[C@@H](OC(C)=O)CC(=O)[C@]4(C)CC[C@H]3[C@@]2(C)[C@H](OC(C)=O)C1. The predicted molar refractivity (Wildman–Crippen MR) is 114 cm³/mol. The van der Waals surface area contributed by atoms with Crippen molar-refractivity contribution >= 4 is 23.7 Å². The molecular weight excluding hydrogens is 412 g/mol. The highest BCUT2D eigenvalue weighted by atomic mass is 16.6. The quantitative estimate of drug-likeness (QED) is 0.481. The molecule has 0 spiro atoms. The van der Waals surface area contributed by atoms with Crippen LogP contribution in [0.5, 0.6) is 0 Å². The lowest BCUT2D eigenvalue weighted by Gasteiger charge is -2.62. The van der Waals surface area contributed by atoms with E-state index in [0.29, 0.717) is 12.8 Å². The summed E-state index contributed by atoms with van der Waals surface area (Å²) in [4.78, 5) is 48.5. The second-order valence-corrected chi connectivity index (χ2v) is 11.0. The minimum atomic E-state index is -0.462. The molecule has 4 aliphatic carbocycles. The summed E-state index contributed by atoms with van der Waals surface area (Å²) in [6.07, 6.45) is 4.11. The number of esters is 3. The van der Waals surface area contributed by atoms with Gasteiger partial charge in [-0.25, -0.2) is 0 Å². The molecule has 0 N–H and O–H groups in total. The van der Waals surface area contributed by atoms with Crippen LogP contribution in [0.3, 0.4) is 0 Å². The molecule has 7 heteroatoms. The van der Waals surface area contributed by atoms with E-state index >= 15 is 0 Å². The number of ether oxygens (including phenoxy) is 3. The molecule has 178 valence electrons. The van der Waals surface area contributed by atoms with Crippen molar-refractivity contribution in [1.82, 2.24) is 0 Å². The molecule has 9 atom stereocenters. The minimum Gasteiger partial charge on any atom is -0.462 e. The molecule has 0 radical (unpaired) electrons. The molecule has 0 unspecified atom stereocenters. The molecule has 4 aliphatic rings. The van der Waals surface area contributed by atoms with Crippen molar-refractivity contribution in [2.75, 3.05) is 0 Å². The lowest BCUT2D eigenvalue weighted by atomic mass is 9.44. The molecule has 0 saturated heterocycles. The van der Waals surface area contributed by atoms with E-state index in [4.69, 9.17) is 14.2 Å². The van der Waals surface area contributed by atoms with E-state index in [0.717, 1.165) is 32.1 Å². The number of carbonyl (C=O) groups is 4. The van der Waals surface area contributed by atoms with E-state index < -0.39 is 5.41 Å². The van der Waals surface area contributed by atoms with Gasteiger partial charge in [0.05, 0.1) is 0 Å². The first-order chi connectivity index (χ1) is 15.0. The molecule has 0 aromatic rings. The molecule has 0 bridgehead atoms. The Morgan fingerprint density at radius 2 is 1.53 bits per heavy atom. The zero-order valence-corrected chi connectivity index (χ0v) is 19.8. The molecule has 7 nitrogen and oxygen atoms in total. The van der Waals surface area contributed by atoms with Crippen molar-refractivity contribution in [2.24, 2.45) is 34.5 Å². The van der Waals surface area contributed by atoms with Crippen LogP contribution in [0.1, 0.15) is 79.6 Å². The van der Waals surface area contributed by atoms with Crippen LogP contribution >= 0.6 is 0 Å². The Balaban J connectivity index is 1.68. The van der Waals surface area contributed by atoms with Crippen molar-refractivity contribution < 1.29 is 33.4 Å².